The zero-order valence-electron chi connectivity index (χ0n) is 17.1. The van der Waals surface area contributed by atoms with Gasteiger partial charge < -0.3 is 9.84 Å². The van der Waals surface area contributed by atoms with E-state index in [2.05, 4.69) is 33.4 Å². The van der Waals surface area contributed by atoms with E-state index in [0.29, 0.717) is 6.42 Å². The molecule has 5 atom stereocenters. The Kier molecular flexibility index (Phi) is 5.59. The van der Waals surface area contributed by atoms with Gasteiger partial charge in [0, 0.05) is 18.8 Å². The van der Waals surface area contributed by atoms with Crippen LogP contribution in [0.4, 0.5) is 0 Å². The summed E-state index contributed by atoms with van der Waals surface area (Å²) in [5, 5.41) is 11.4. The van der Waals surface area contributed by atoms with Crippen molar-refractivity contribution in [3.05, 3.63) is 24.3 Å². The van der Waals surface area contributed by atoms with Crippen molar-refractivity contribution in [1.29, 1.82) is 0 Å². The summed E-state index contributed by atoms with van der Waals surface area (Å²) >= 11 is 0. The molecule has 2 aliphatic rings. The quantitative estimate of drug-likeness (QED) is 0.601. The molecule has 0 aromatic heterocycles. The Morgan fingerprint density at radius 2 is 1.88 bits per heavy atom. The zero-order chi connectivity index (χ0) is 19.9. The molecule has 146 valence electrons. The van der Waals surface area contributed by atoms with E-state index >= 15 is 0 Å². The molecular formula is C22H34O4. The van der Waals surface area contributed by atoms with Crippen molar-refractivity contribution in [2.45, 2.75) is 78.9 Å². The third-order valence-electron chi connectivity index (χ3n) is 6.83. The van der Waals surface area contributed by atoms with Crippen molar-refractivity contribution in [3.63, 3.8) is 0 Å². The molecule has 0 saturated heterocycles. The van der Waals surface area contributed by atoms with E-state index in [-0.39, 0.29) is 28.4 Å². The summed E-state index contributed by atoms with van der Waals surface area (Å²) in [5.74, 6) is -1.08. The number of fused-ring (bicyclic) bond motifs is 1. The summed E-state index contributed by atoms with van der Waals surface area (Å²) in [4.78, 5) is 25.1. The predicted molar refractivity (Wildman–Crippen MR) is 102 cm³/mol. The minimum Gasteiger partial charge on any atom is -0.451 e. The van der Waals surface area contributed by atoms with E-state index in [4.69, 9.17) is 4.74 Å². The summed E-state index contributed by atoms with van der Waals surface area (Å²) in [7, 11) is 0. The first-order chi connectivity index (χ1) is 11.9. The fraction of sp³-hybridized carbons (Fsp3) is 0.727. The van der Waals surface area contributed by atoms with E-state index in [1.165, 1.54) is 6.92 Å². The number of allylic oxidation sites excluding steroid dienone is 3. The minimum absolute atomic E-state index is 0.127. The number of carbonyl (C=O) groups is 2. The fourth-order valence-electron chi connectivity index (χ4n) is 5.72. The molecule has 2 saturated carbocycles. The van der Waals surface area contributed by atoms with Crippen LogP contribution in [0.25, 0.3) is 0 Å². The normalized spacial score (nSPS) is 39.9. The van der Waals surface area contributed by atoms with Gasteiger partial charge in [-0.05, 0) is 43.9 Å². The molecule has 0 unspecified atom stereocenters. The number of esters is 1. The lowest BCUT2D eigenvalue weighted by Crippen LogP contribution is -2.68. The van der Waals surface area contributed by atoms with Gasteiger partial charge >= 0.3 is 5.97 Å². The summed E-state index contributed by atoms with van der Waals surface area (Å²) in [5.41, 5.74) is -0.887. The topological polar surface area (TPSA) is 63.6 Å². The first-order valence-corrected chi connectivity index (χ1v) is 9.60. The Bertz CT molecular complexity index is 628. The van der Waals surface area contributed by atoms with E-state index in [9.17, 15) is 14.7 Å². The highest BCUT2D eigenvalue weighted by atomic mass is 16.6. The molecule has 0 aliphatic heterocycles. The Morgan fingerprint density at radius 3 is 2.42 bits per heavy atom. The monoisotopic (exact) mass is 362 g/mol. The first kappa shape index (κ1) is 20.9. The number of carbonyl (C=O) groups excluding carboxylic acids is 2. The molecule has 4 nitrogen and oxygen atoms in total. The third kappa shape index (κ3) is 3.40. The number of hydrogen-bond donors (Lipinski definition) is 1. The fourth-order valence-corrected chi connectivity index (χ4v) is 5.72. The Morgan fingerprint density at radius 1 is 1.27 bits per heavy atom. The highest BCUT2D eigenvalue weighted by molar-refractivity contribution is 5.91. The SMILES string of the molecule is C=C/C(C)=C/C[C@@H]1[C@@](C)(O)[C@H](OC(C)=O)C(=O)[C@@H]2C(C)(C)CCC[C@]21C. The van der Waals surface area contributed by atoms with Crippen LogP contribution in [0, 0.1) is 22.7 Å². The predicted octanol–water partition coefficient (Wildman–Crippen LogP) is 4.22. The second kappa shape index (κ2) is 6.95. The van der Waals surface area contributed by atoms with Gasteiger partial charge in [-0.2, -0.15) is 0 Å². The summed E-state index contributed by atoms with van der Waals surface area (Å²) < 4.78 is 5.39. The second-order valence-electron chi connectivity index (χ2n) is 9.34. The molecule has 26 heavy (non-hydrogen) atoms. The summed E-state index contributed by atoms with van der Waals surface area (Å²) in [6.45, 7) is 15.1. The lowest BCUT2D eigenvalue weighted by Gasteiger charge is -2.61. The van der Waals surface area contributed by atoms with Crippen LogP contribution >= 0.6 is 0 Å². The highest BCUT2D eigenvalue weighted by Gasteiger charge is 2.66. The van der Waals surface area contributed by atoms with Gasteiger partial charge in [-0.3, -0.25) is 9.59 Å². The Balaban J connectivity index is 2.58. The van der Waals surface area contributed by atoms with E-state index < -0.39 is 17.7 Å². The molecule has 0 bridgehead atoms. The van der Waals surface area contributed by atoms with Crippen molar-refractivity contribution < 1.29 is 19.4 Å². The van der Waals surface area contributed by atoms with E-state index in [0.717, 1.165) is 24.8 Å². The van der Waals surface area contributed by atoms with Gasteiger partial charge in [0.1, 0.15) is 5.60 Å². The number of ketones is 1. The van der Waals surface area contributed by atoms with Gasteiger partial charge in [0.15, 0.2) is 11.9 Å². The molecule has 2 rings (SSSR count). The lowest BCUT2D eigenvalue weighted by atomic mass is 9.44. The number of rotatable bonds is 4. The highest BCUT2D eigenvalue weighted by Crippen LogP contribution is 2.62. The lowest BCUT2D eigenvalue weighted by molar-refractivity contribution is -0.220. The molecule has 0 heterocycles. The van der Waals surface area contributed by atoms with Crippen LogP contribution in [0.1, 0.15) is 67.2 Å². The van der Waals surface area contributed by atoms with Gasteiger partial charge in [-0.1, -0.05) is 51.5 Å². The Hall–Kier alpha value is -1.42. The molecule has 0 aromatic rings. The average Bonchev–Trinajstić information content (AvgIpc) is 2.49. The number of aliphatic hydroxyl groups is 1. The van der Waals surface area contributed by atoms with Gasteiger partial charge in [-0.25, -0.2) is 0 Å². The molecule has 0 amide bonds. The summed E-state index contributed by atoms with van der Waals surface area (Å²) in [6.07, 6.45) is 6.25. The summed E-state index contributed by atoms with van der Waals surface area (Å²) in [6, 6.07) is 0. The first-order valence-electron chi connectivity index (χ1n) is 9.60. The molecule has 2 fully saturated rings. The molecule has 0 spiro atoms. The number of hydrogen-bond acceptors (Lipinski definition) is 4. The second-order valence-corrected chi connectivity index (χ2v) is 9.34. The maximum absolute atomic E-state index is 13.4. The number of Topliss-reactive ketones (excluding diaryl/α,β-unsaturated/α-hetero) is 1. The van der Waals surface area contributed by atoms with Crippen molar-refractivity contribution in [2.24, 2.45) is 22.7 Å². The maximum Gasteiger partial charge on any atom is 0.303 e. The van der Waals surface area contributed by atoms with Crippen LogP contribution in [0.3, 0.4) is 0 Å². The number of ether oxygens (including phenoxy) is 1. The zero-order valence-corrected chi connectivity index (χ0v) is 17.1. The molecule has 1 N–H and O–H groups in total. The van der Waals surface area contributed by atoms with Gasteiger partial charge in [0.25, 0.3) is 0 Å². The maximum atomic E-state index is 13.4. The van der Waals surface area contributed by atoms with Crippen LogP contribution < -0.4 is 0 Å². The average molecular weight is 363 g/mol. The third-order valence-corrected chi connectivity index (χ3v) is 6.83. The molecule has 0 radical (unpaired) electrons. The molecule has 2 aliphatic carbocycles. The van der Waals surface area contributed by atoms with Crippen LogP contribution in [-0.4, -0.2) is 28.6 Å². The van der Waals surface area contributed by atoms with E-state index in [1.807, 2.05) is 6.92 Å². The smallest absolute Gasteiger partial charge is 0.303 e. The van der Waals surface area contributed by atoms with Gasteiger partial charge in [-0.15, -0.1) is 0 Å². The van der Waals surface area contributed by atoms with Crippen LogP contribution in [0.15, 0.2) is 24.3 Å². The molecule has 4 heteroatoms. The molecular weight excluding hydrogens is 328 g/mol. The van der Waals surface area contributed by atoms with Crippen molar-refractivity contribution in [3.8, 4) is 0 Å². The van der Waals surface area contributed by atoms with Gasteiger partial charge in [0.2, 0.25) is 0 Å². The van der Waals surface area contributed by atoms with Crippen molar-refractivity contribution in [2.75, 3.05) is 0 Å². The van der Waals surface area contributed by atoms with Crippen LogP contribution in [0.2, 0.25) is 0 Å². The van der Waals surface area contributed by atoms with Gasteiger partial charge in [0.05, 0.1) is 0 Å². The largest absolute Gasteiger partial charge is 0.451 e. The Labute approximate surface area is 157 Å². The van der Waals surface area contributed by atoms with Crippen LogP contribution in [0.5, 0.6) is 0 Å². The van der Waals surface area contributed by atoms with Crippen LogP contribution in [-0.2, 0) is 14.3 Å². The molecule has 0 aromatic carbocycles. The van der Waals surface area contributed by atoms with Crippen molar-refractivity contribution >= 4 is 11.8 Å². The van der Waals surface area contributed by atoms with E-state index in [1.54, 1.807) is 13.0 Å². The van der Waals surface area contributed by atoms with Crippen molar-refractivity contribution in [1.82, 2.24) is 0 Å². The standard InChI is InChI=1S/C22H34O4/c1-8-14(2)10-11-16-21(6)13-9-12-20(4,5)18(21)17(24)19(22(16,7)25)26-15(3)23/h8,10,16,18-19,25H,1,9,11-13H2,2-7H3/b14-10+/t16-,18+,19+,21-,22+/m0/s1. The minimum atomic E-state index is -1.40.